The van der Waals surface area contributed by atoms with E-state index in [2.05, 4.69) is 25.8 Å². The molecule has 0 saturated heterocycles. The van der Waals surface area contributed by atoms with Crippen LogP contribution in [0.2, 0.25) is 0 Å². The Balaban J connectivity index is 1.94. The third-order valence-electron chi connectivity index (χ3n) is 3.81. The number of hydrogen-bond donors (Lipinski definition) is 1. The molecule has 1 N–H and O–H groups in total. The third kappa shape index (κ3) is 3.73. The average molecular weight is 437 g/mol. The minimum Gasteiger partial charge on any atom is -0.351 e. The molecule has 3 rings (SSSR count). The summed E-state index contributed by atoms with van der Waals surface area (Å²) in [5.74, 6) is 0. The number of pyridine rings is 1. The zero-order valence-electron chi connectivity index (χ0n) is 14.2. The summed E-state index contributed by atoms with van der Waals surface area (Å²) in [5.41, 5.74) is 1.39. The molecule has 9 heteroatoms. The van der Waals surface area contributed by atoms with Gasteiger partial charge >= 0.3 is 0 Å². The van der Waals surface area contributed by atoms with Crippen LogP contribution in [0.3, 0.4) is 0 Å². The SMILES string of the molecule is CCn1cc(Br)c(=O)c(NS(=O)(=O)c2cnn(-c3ccc(C)cc3)c2)c1. The molecule has 0 radical (unpaired) electrons. The standard InChI is InChI=1S/C17H17BrN4O3S/c1-3-21-10-15(18)17(23)16(11-21)20-26(24,25)14-8-19-22(9-14)13-6-4-12(2)5-7-13/h4-11,20H,3H2,1-2H3. The predicted octanol–water partition coefficient (Wildman–Crippen LogP) is 2.93. The molecule has 0 atom stereocenters. The Kier molecular flexibility index (Phi) is 5.01. The molecular weight excluding hydrogens is 420 g/mol. The molecule has 0 aliphatic rings. The van der Waals surface area contributed by atoms with E-state index in [1.54, 1.807) is 10.8 Å². The summed E-state index contributed by atoms with van der Waals surface area (Å²) in [5, 5.41) is 4.10. The fourth-order valence-corrected chi connectivity index (χ4v) is 3.79. The number of benzene rings is 1. The highest BCUT2D eigenvalue weighted by Crippen LogP contribution is 2.17. The first-order valence-corrected chi connectivity index (χ1v) is 10.1. The van der Waals surface area contributed by atoms with Gasteiger partial charge in [-0.25, -0.2) is 13.1 Å². The lowest BCUT2D eigenvalue weighted by molar-refractivity contribution is 0.601. The van der Waals surface area contributed by atoms with Gasteiger partial charge in [0, 0.05) is 18.9 Å². The third-order valence-corrected chi connectivity index (χ3v) is 5.70. The Morgan fingerprint density at radius 2 is 1.85 bits per heavy atom. The van der Waals surface area contributed by atoms with Gasteiger partial charge in [0.1, 0.15) is 10.6 Å². The van der Waals surface area contributed by atoms with E-state index in [0.29, 0.717) is 6.54 Å². The van der Waals surface area contributed by atoms with Crippen LogP contribution >= 0.6 is 15.9 Å². The largest absolute Gasteiger partial charge is 0.351 e. The van der Waals surface area contributed by atoms with Gasteiger partial charge in [-0.15, -0.1) is 0 Å². The normalized spacial score (nSPS) is 11.5. The lowest BCUT2D eigenvalue weighted by atomic mass is 10.2. The van der Waals surface area contributed by atoms with Crippen molar-refractivity contribution in [1.82, 2.24) is 14.3 Å². The summed E-state index contributed by atoms with van der Waals surface area (Å²) in [7, 11) is -3.94. The molecule has 0 fully saturated rings. The number of nitrogens with one attached hydrogen (secondary N) is 1. The Bertz CT molecular complexity index is 1100. The Labute approximate surface area is 159 Å². The molecule has 0 saturated carbocycles. The molecule has 2 heterocycles. The summed E-state index contributed by atoms with van der Waals surface area (Å²) >= 11 is 3.16. The number of halogens is 1. The summed E-state index contributed by atoms with van der Waals surface area (Å²) in [6.45, 7) is 4.45. The molecular formula is C17H17BrN4O3S. The molecule has 2 aromatic heterocycles. The van der Waals surface area contributed by atoms with Crippen LogP contribution in [0.15, 0.2) is 63.2 Å². The molecule has 26 heavy (non-hydrogen) atoms. The first-order valence-electron chi connectivity index (χ1n) is 7.84. The van der Waals surface area contributed by atoms with Crippen molar-refractivity contribution >= 4 is 31.6 Å². The molecule has 3 aromatic rings. The number of rotatable bonds is 5. The second-order valence-electron chi connectivity index (χ2n) is 5.74. The van der Waals surface area contributed by atoms with Gasteiger partial charge in [-0.1, -0.05) is 17.7 Å². The van der Waals surface area contributed by atoms with Gasteiger partial charge in [0.15, 0.2) is 0 Å². The van der Waals surface area contributed by atoms with Crippen molar-refractivity contribution in [3.8, 4) is 5.69 Å². The molecule has 0 bridgehead atoms. The number of aryl methyl sites for hydroxylation is 2. The highest BCUT2D eigenvalue weighted by atomic mass is 79.9. The fraction of sp³-hybridized carbons (Fsp3) is 0.176. The first-order chi connectivity index (χ1) is 12.3. The van der Waals surface area contributed by atoms with Crippen LogP contribution in [-0.4, -0.2) is 22.8 Å². The van der Waals surface area contributed by atoms with E-state index in [0.717, 1.165) is 11.3 Å². The molecule has 0 amide bonds. The van der Waals surface area contributed by atoms with E-state index in [4.69, 9.17) is 0 Å². The van der Waals surface area contributed by atoms with Crippen molar-refractivity contribution in [3.63, 3.8) is 0 Å². The summed E-state index contributed by atoms with van der Waals surface area (Å²) in [6.07, 6.45) is 5.73. The van der Waals surface area contributed by atoms with Crippen molar-refractivity contribution in [1.29, 1.82) is 0 Å². The van der Waals surface area contributed by atoms with Crippen LogP contribution in [0, 0.1) is 6.92 Å². The van der Waals surface area contributed by atoms with E-state index in [-0.39, 0.29) is 15.1 Å². The molecule has 136 valence electrons. The van der Waals surface area contributed by atoms with Crippen molar-refractivity contribution in [2.75, 3.05) is 4.72 Å². The number of nitrogens with zero attached hydrogens (tertiary/aromatic N) is 3. The van der Waals surface area contributed by atoms with E-state index in [9.17, 15) is 13.2 Å². The van der Waals surface area contributed by atoms with E-state index in [1.807, 2.05) is 38.1 Å². The van der Waals surface area contributed by atoms with Crippen LogP contribution in [0.25, 0.3) is 5.69 Å². The monoisotopic (exact) mass is 436 g/mol. The van der Waals surface area contributed by atoms with Gasteiger partial charge in [0.05, 0.1) is 22.6 Å². The number of aromatic nitrogens is 3. The van der Waals surface area contributed by atoms with E-state index in [1.165, 1.54) is 23.3 Å². The topological polar surface area (TPSA) is 86.0 Å². The Morgan fingerprint density at radius 3 is 2.50 bits per heavy atom. The highest BCUT2D eigenvalue weighted by Gasteiger charge is 2.19. The Hall–Kier alpha value is -2.39. The molecule has 0 aliphatic carbocycles. The van der Waals surface area contributed by atoms with Gasteiger partial charge < -0.3 is 4.57 Å². The Morgan fingerprint density at radius 1 is 1.15 bits per heavy atom. The van der Waals surface area contributed by atoms with Crippen molar-refractivity contribution in [3.05, 3.63) is 69.3 Å². The van der Waals surface area contributed by atoms with Crippen LogP contribution in [-0.2, 0) is 16.6 Å². The molecule has 7 nitrogen and oxygen atoms in total. The van der Waals surface area contributed by atoms with Crippen molar-refractivity contribution in [2.24, 2.45) is 0 Å². The zero-order chi connectivity index (χ0) is 18.9. The summed E-state index contributed by atoms with van der Waals surface area (Å²) in [6, 6.07) is 7.52. The number of sulfonamides is 1. The molecule has 0 unspecified atom stereocenters. The van der Waals surface area contributed by atoms with Crippen molar-refractivity contribution < 1.29 is 8.42 Å². The maximum absolute atomic E-state index is 12.6. The lowest BCUT2D eigenvalue weighted by Gasteiger charge is -2.09. The second-order valence-corrected chi connectivity index (χ2v) is 8.28. The van der Waals surface area contributed by atoms with Gasteiger partial charge in [0.25, 0.3) is 10.0 Å². The summed E-state index contributed by atoms with van der Waals surface area (Å²) in [4.78, 5) is 12.2. The number of hydrogen-bond acceptors (Lipinski definition) is 4. The van der Waals surface area contributed by atoms with Gasteiger partial charge in [-0.3, -0.25) is 9.52 Å². The second kappa shape index (κ2) is 7.08. The summed E-state index contributed by atoms with van der Waals surface area (Å²) < 4.78 is 31.1. The molecule has 0 spiro atoms. The van der Waals surface area contributed by atoms with Crippen molar-refractivity contribution in [2.45, 2.75) is 25.3 Å². The molecule has 0 aliphatic heterocycles. The van der Waals surface area contributed by atoms with Gasteiger partial charge in [-0.2, -0.15) is 5.10 Å². The highest BCUT2D eigenvalue weighted by molar-refractivity contribution is 9.10. The quantitative estimate of drug-likeness (QED) is 0.665. The van der Waals surface area contributed by atoms with Crippen LogP contribution in [0.5, 0.6) is 0 Å². The van der Waals surface area contributed by atoms with E-state index >= 15 is 0 Å². The number of anilines is 1. The predicted molar refractivity (Wildman–Crippen MR) is 103 cm³/mol. The zero-order valence-corrected chi connectivity index (χ0v) is 16.6. The minimum atomic E-state index is -3.94. The van der Waals surface area contributed by atoms with E-state index < -0.39 is 15.5 Å². The maximum Gasteiger partial charge on any atom is 0.265 e. The van der Waals surface area contributed by atoms with Crippen LogP contribution in [0.1, 0.15) is 12.5 Å². The van der Waals surface area contributed by atoms with Crippen LogP contribution < -0.4 is 10.2 Å². The van der Waals surface area contributed by atoms with Crippen LogP contribution in [0.4, 0.5) is 5.69 Å². The van der Waals surface area contributed by atoms with Gasteiger partial charge in [0.2, 0.25) is 5.43 Å². The van der Waals surface area contributed by atoms with Gasteiger partial charge in [-0.05, 0) is 41.9 Å². The molecule has 1 aromatic carbocycles. The lowest BCUT2D eigenvalue weighted by Crippen LogP contribution is -2.20. The maximum atomic E-state index is 12.6. The smallest absolute Gasteiger partial charge is 0.265 e. The fourth-order valence-electron chi connectivity index (χ4n) is 2.34. The average Bonchev–Trinajstić information content (AvgIpc) is 3.10. The minimum absolute atomic E-state index is 0.0238. The first kappa shape index (κ1) is 18.4.